The third-order valence-electron chi connectivity index (χ3n) is 4.39. The molecule has 118 valence electrons. The molecule has 1 aliphatic carbocycles. The van der Waals surface area contributed by atoms with Gasteiger partial charge in [0.25, 0.3) is 0 Å². The molecule has 2 N–H and O–H groups in total. The smallest absolute Gasteiger partial charge is 0.326 e. The van der Waals surface area contributed by atoms with E-state index < -0.39 is 12.0 Å². The van der Waals surface area contributed by atoms with Crippen molar-refractivity contribution in [2.45, 2.75) is 31.7 Å². The standard InChI is InChI=1S/C15H24N2O4/c1-2-3-8-21-9-7-16-15(20)17-10-11-5-4-6-12(11)13(17)14(18)19/h2,11-13H,1,3-10H2,(H,16,20)(H,18,19). The molecular weight excluding hydrogens is 272 g/mol. The van der Waals surface area contributed by atoms with Crippen LogP contribution in [-0.4, -0.2) is 54.4 Å². The normalized spacial score (nSPS) is 27.4. The third kappa shape index (κ3) is 3.75. The Morgan fingerprint density at radius 3 is 2.90 bits per heavy atom. The van der Waals surface area contributed by atoms with Crippen LogP contribution in [0.2, 0.25) is 0 Å². The van der Waals surface area contributed by atoms with Gasteiger partial charge in [-0.25, -0.2) is 9.59 Å². The van der Waals surface area contributed by atoms with Gasteiger partial charge in [-0.3, -0.25) is 0 Å². The van der Waals surface area contributed by atoms with Crippen LogP contribution in [0, 0.1) is 11.8 Å². The molecule has 2 rings (SSSR count). The lowest BCUT2D eigenvalue weighted by atomic mass is 9.94. The van der Waals surface area contributed by atoms with E-state index in [1.54, 1.807) is 6.08 Å². The Bertz CT molecular complexity index is 399. The predicted molar refractivity (Wildman–Crippen MR) is 78.0 cm³/mol. The van der Waals surface area contributed by atoms with Gasteiger partial charge < -0.3 is 20.1 Å². The molecule has 1 aliphatic heterocycles. The highest BCUT2D eigenvalue weighted by Gasteiger charge is 2.49. The lowest BCUT2D eigenvalue weighted by Gasteiger charge is -2.24. The fraction of sp³-hybridized carbons (Fsp3) is 0.733. The van der Waals surface area contributed by atoms with Crippen LogP contribution in [0.25, 0.3) is 0 Å². The molecule has 6 nitrogen and oxygen atoms in total. The van der Waals surface area contributed by atoms with Crippen molar-refractivity contribution in [1.82, 2.24) is 10.2 Å². The summed E-state index contributed by atoms with van der Waals surface area (Å²) in [6.07, 6.45) is 5.58. The molecule has 3 unspecified atom stereocenters. The van der Waals surface area contributed by atoms with Gasteiger partial charge in [0.15, 0.2) is 0 Å². The molecule has 6 heteroatoms. The number of carboxylic acid groups (broad SMARTS) is 1. The number of carbonyl (C=O) groups is 2. The van der Waals surface area contributed by atoms with Crippen molar-refractivity contribution in [3.05, 3.63) is 12.7 Å². The van der Waals surface area contributed by atoms with Crippen molar-refractivity contribution >= 4 is 12.0 Å². The molecule has 0 radical (unpaired) electrons. The summed E-state index contributed by atoms with van der Waals surface area (Å²) in [6, 6.07) is -0.955. The van der Waals surface area contributed by atoms with Gasteiger partial charge in [0.1, 0.15) is 6.04 Å². The number of fused-ring (bicyclic) bond motifs is 1. The first kappa shape index (κ1) is 15.8. The van der Waals surface area contributed by atoms with Crippen LogP contribution < -0.4 is 5.32 Å². The molecular formula is C15H24N2O4. The topological polar surface area (TPSA) is 78.9 Å². The van der Waals surface area contributed by atoms with E-state index >= 15 is 0 Å². The van der Waals surface area contributed by atoms with Crippen LogP contribution in [0.3, 0.4) is 0 Å². The highest BCUT2D eigenvalue weighted by Crippen LogP contribution is 2.42. The number of aliphatic carboxylic acids is 1. The van der Waals surface area contributed by atoms with Gasteiger partial charge in [-0.1, -0.05) is 12.5 Å². The molecule has 2 amide bonds. The summed E-state index contributed by atoms with van der Waals surface area (Å²) in [7, 11) is 0. The predicted octanol–water partition coefficient (Wildman–Crippen LogP) is 1.47. The van der Waals surface area contributed by atoms with Crippen molar-refractivity contribution in [3.63, 3.8) is 0 Å². The minimum Gasteiger partial charge on any atom is -0.480 e. The minimum atomic E-state index is -0.887. The van der Waals surface area contributed by atoms with Crippen molar-refractivity contribution in [2.24, 2.45) is 11.8 Å². The number of rotatable bonds is 7. The number of carboxylic acids is 1. The first-order valence-electron chi connectivity index (χ1n) is 7.61. The van der Waals surface area contributed by atoms with E-state index in [0.29, 0.717) is 32.2 Å². The lowest BCUT2D eigenvalue weighted by Crippen LogP contribution is -2.48. The summed E-state index contributed by atoms with van der Waals surface area (Å²) in [4.78, 5) is 25.1. The molecule has 1 saturated carbocycles. The summed E-state index contributed by atoms with van der Waals surface area (Å²) in [5.41, 5.74) is 0. The van der Waals surface area contributed by atoms with E-state index in [9.17, 15) is 14.7 Å². The van der Waals surface area contributed by atoms with E-state index in [0.717, 1.165) is 25.7 Å². The molecule has 21 heavy (non-hydrogen) atoms. The van der Waals surface area contributed by atoms with Crippen LogP contribution in [0.5, 0.6) is 0 Å². The molecule has 0 aromatic carbocycles. The van der Waals surface area contributed by atoms with Crippen molar-refractivity contribution in [1.29, 1.82) is 0 Å². The van der Waals surface area contributed by atoms with Crippen molar-refractivity contribution < 1.29 is 19.4 Å². The Morgan fingerprint density at radius 1 is 1.38 bits per heavy atom. The Balaban J connectivity index is 1.78. The van der Waals surface area contributed by atoms with Gasteiger partial charge in [0, 0.05) is 13.1 Å². The first-order chi connectivity index (χ1) is 10.1. The van der Waals surface area contributed by atoms with Gasteiger partial charge >= 0.3 is 12.0 Å². The van der Waals surface area contributed by atoms with Gasteiger partial charge in [0.2, 0.25) is 0 Å². The van der Waals surface area contributed by atoms with Crippen LogP contribution in [-0.2, 0) is 9.53 Å². The summed E-state index contributed by atoms with van der Waals surface area (Å²) < 4.78 is 5.32. The average Bonchev–Trinajstić information content (AvgIpc) is 3.01. The molecule has 3 atom stereocenters. The zero-order chi connectivity index (χ0) is 15.2. The zero-order valence-electron chi connectivity index (χ0n) is 12.3. The summed E-state index contributed by atoms with van der Waals surface area (Å²) >= 11 is 0. The molecule has 0 bridgehead atoms. The van der Waals surface area contributed by atoms with Crippen LogP contribution in [0.4, 0.5) is 4.79 Å². The van der Waals surface area contributed by atoms with Gasteiger partial charge in [0.05, 0.1) is 13.2 Å². The van der Waals surface area contributed by atoms with E-state index in [-0.39, 0.29) is 11.9 Å². The minimum absolute atomic E-state index is 0.122. The maximum atomic E-state index is 12.2. The summed E-state index contributed by atoms with van der Waals surface area (Å²) in [6.45, 7) is 5.57. The second-order valence-corrected chi connectivity index (χ2v) is 5.71. The largest absolute Gasteiger partial charge is 0.480 e. The highest BCUT2D eigenvalue weighted by atomic mass is 16.5. The molecule has 0 aromatic heterocycles. The average molecular weight is 296 g/mol. The molecule has 0 spiro atoms. The SMILES string of the molecule is C=CCCOCCNC(=O)N1CC2CCCC2C1C(=O)O. The van der Waals surface area contributed by atoms with E-state index in [1.807, 2.05) is 0 Å². The highest BCUT2D eigenvalue weighted by molar-refractivity contribution is 5.83. The Labute approximate surface area is 125 Å². The number of nitrogens with one attached hydrogen (secondary N) is 1. The zero-order valence-corrected chi connectivity index (χ0v) is 12.3. The van der Waals surface area contributed by atoms with Gasteiger partial charge in [-0.2, -0.15) is 0 Å². The van der Waals surface area contributed by atoms with Crippen LogP contribution in [0.1, 0.15) is 25.7 Å². The molecule has 1 heterocycles. The Morgan fingerprint density at radius 2 is 2.19 bits per heavy atom. The number of urea groups is 1. The van der Waals surface area contributed by atoms with E-state index in [2.05, 4.69) is 11.9 Å². The lowest BCUT2D eigenvalue weighted by molar-refractivity contribution is -0.142. The number of ether oxygens (including phenoxy) is 1. The quantitative estimate of drug-likeness (QED) is 0.551. The number of carbonyl (C=O) groups excluding carboxylic acids is 1. The molecule has 1 saturated heterocycles. The number of hydrogen-bond donors (Lipinski definition) is 2. The second-order valence-electron chi connectivity index (χ2n) is 5.71. The number of hydrogen-bond acceptors (Lipinski definition) is 3. The fourth-order valence-electron chi connectivity index (χ4n) is 3.43. The number of nitrogens with zero attached hydrogens (tertiary/aromatic N) is 1. The van der Waals surface area contributed by atoms with E-state index in [1.165, 1.54) is 4.90 Å². The molecule has 0 aromatic rings. The first-order valence-corrected chi connectivity index (χ1v) is 7.61. The van der Waals surface area contributed by atoms with Crippen molar-refractivity contribution in [3.8, 4) is 0 Å². The van der Waals surface area contributed by atoms with E-state index in [4.69, 9.17) is 4.74 Å². The fourth-order valence-corrected chi connectivity index (χ4v) is 3.43. The number of amides is 2. The summed E-state index contributed by atoms with van der Waals surface area (Å²) in [5.74, 6) is -0.417. The third-order valence-corrected chi connectivity index (χ3v) is 4.39. The summed E-state index contributed by atoms with van der Waals surface area (Å²) in [5, 5.41) is 12.1. The van der Waals surface area contributed by atoms with Crippen LogP contribution >= 0.6 is 0 Å². The Hall–Kier alpha value is -1.56. The maximum absolute atomic E-state index is 12.2. The van der Waals surface area contributed by atoms with Crippen molar-refractivity contribution in [2.75, 3.05) is 26.3 Å². The maximum Gasteiger partial charge on any atom is 0.326 e. The Kier molecular flexibility index (Phi) is 5.61. The van der Waals surface area contributed by atoms with Gasteiger partial charge in [-0.05, 0) is 31.1 Å². The second kappa shape index (κ2) is 7.45. The molecule has 2 aliphatic rings. The van der Waals surface area contributed by atoms with Gasteiger partial charge in [-0.15, -0.1) is 6.58 Å². The van der Waals surface area contributed by atoms with Crippen LogP contribution in [0.15, 0.2) is 12.7 Å². The monoisotopic (exact) mass is 296 g/mol. The number of likely N-dealkylation sites (tertiary alicyclic amines) is 1. The molecule has 2 fully saturated rings.